The highest BCUT2D eigenvalue weighted by Crippen LogP contribution is 2.28. The lowest BCUT2D eigenvalue weighted by atomic mass is 9.99. The van der Waals surface area contributed by atoms with Crippen LogP contribution in [0.2, 0.25) is 0 Å². The summed E-state index contributed by atoms with van der Waals surface area (Å²) >= 11 is 0. The van der Waals surface area contributed by atoms with Gasteiger partial charge in [0, 0.05) is 11.8 Å². The maximum atomic E-state index is 14.1. The first-order valence-electron chi connectivity index (χ1n) is 8.49. The molecule has 4 heterocycles. The summed E-state index contributed by atoms with van der Waals surface area (Å²) in [5, 5.41) is 12.5. The number of nitrogens with two attached hydrogens (primary N) is 1. The number of aromatic nitrogens is 6. The Labute approximate surface area is 153 Å². The molecule has 1 saturated heterocycles. The number of rotatable bonds is 4. The number of hydrogen-bond donors (Lipinski definition) is 2. The zero-order valence-corrected chi connectivity index (χ0v) is 14.3. The van der Waals surface area contributed by atoms with Crippen molar-refractivity contribution in [1.29, 1.82) is 0 Å². The van der Waals surface area contributed by atoms with Crippen molar-refractivity contribution >= 4 is 11.0 Å². The smallest absolute Gasteiger partial charge is 0.202 e. The first kappa shape index (κ1) is 16.0. The summed E-state index contributed by atoms with van der Waals surface area (Å²) in [7, 11) is 0. The predicted octanol–water partition coefficient (Wildman–Crippen LogP) is 1.59. The Morgan fingerprint density at radius 2 is 2.07 bits per heavy atom. The molecule has 0 spiro atoms. The van der Waals surface area contributed by atoms with Crippen molar-refractivity contribution in [2.45, 2.75) is 12.1 Å². The van der Waals surface area contributed by atoms with Crippen molar-refractivity contribution in [3.05, 3.63) is 59.8 Å². The summed E-state index contributed by atoms with van der Waals surface area (Å²) in [6.45, 7) is 1.05. The van der Waals surface area contributed by atoms with Crippen molar-refractivity contribution < 1.29 is 9.13 Å². The first-order valence-corrected chi connectivity index (χ1v) is 8.49. The summed E-state index contributed by atoms with van der Waals surface area (Å²) in [6, 6.07) is 10.3. The maximum Gasteiger partial charge on any atom is 0.202 e. The number of aromatic amines is 1. The van der Waals surface area contributed by atoms with Crippen LogP contribution in [0, 0.1) is 5.82 Å². The Morgan fingerprint density at radius 3 is 2.85 bits per heavy atom. The Hall–Kier alpha value is -3.17. The van der Waals surface area contributed by atoms with E-state index in [0.717, 1.165) is 5.39 Å². The van der Waals surface area contributed by atoms with Gasteiger partial charge in [0.15, 0.2) is 5.65 Å². The highest BCUT2D eigenvalue weighted by molar-refractivity contribution is 5.89. The number of nitrogens with zero attached hydrogens (tertiary/aromatic N) is 5. The second kappa shape index (κ2) is 5.93. The lowest BCUT2D eigenvalue weighted by Crippen LogP contribution is -2.55. The minimum absolute atomic E-state index is 0.256. The van der Waals surface area contributed by atoms with Gasteiger partial charge in [-0.3, -0.25) is 5.10 Å². The molecule has 3 aromatic heterocycles. The van der Waals surface area contributed by atoms with Crippen LogP contribution in [0.3, 0.4) is 0 Å². The third kappa shape index (κ3) is 2.59. The molecule has 1 aromatic carbocycles. The number of fused-ring (bicyclic) bond motifs is 1. The van der Waals surface area contributed by atoms with Gasteiger partial charge in [0.1, 0.15) is 22.9 Å². The molecular weight excluding hydrogens is 349 g/mol. The molecule has 0 bridgehead atoms. The highest BCUT2D eigenvalue weighted by atomic mass is 19.1. The Bertz CT molecular complexity index is 1130. The molecule has 5 rings (SSSR count). The van der Waals surface area contributed by atoms with Gasteiger partial charge in [0.25, 0.3) is 0 Å². The minimum Gasteiger partial charge on any atom is -0.376 e. The number of benzene rings is 1. The van der Waals surface area contributed by atoms with Crippen LogP contribution < -0.4 is 5.73 Å². The average Bonchev–Trinajstić information content (AvgIpc) is 3.27. The van der Waals surface area contributed by atoms with E-state index in [2.05, 4.69) is 25.3 Å². The van der Waals surface area contributed by atoms with Crippen LogP contribution in [0.4, 0.5) is 4.39 Å². The van der Waals surface area contributed by atoms with Gasteiger partial charge in [-0.1, -0.05) is 18.2 Å². The highest BCUT2D eigenvalue weighted by Gasteiger charge is 2.39. The number of nitrogens with one attached hydrogen (secondary N) is 1. The van der Waals surface area contributed by atoms with Crippen LogP contribution in [0.5, 0.6) is 0 Å². The molecule has 0 atom stereocenters. The molecule has 0 aliphatic carbocycles. The summed E-state index contributed by atoms with van der Waals surface area (Å²) in [4.78, 5) is 8.92. The lowest BCUT2D eigenvalue weighted by molar-refractivity contribution is -0.0611. The molecule has 9 heteroatoms. The van der Waals surface area contributed by atoms with Crippen LogP contribution in [0.25, 0.3) is 22.6 Å². The van der Waals surface area contributed by atoms with Gasteiger partial charge in [-0.2, -0.15) is 10.2 Å². The van der Waals surface area contributed by atoms with E-state index in [9.17, 15) is 4.39 Å². The van der Waals surface area contributed by atoms with Crippen LogP contribution in [-0.2, 0) is 16.8 Å². The molecule has 3 N–H and O–H groups in total. The fraction of sp³-hybridized carbons (Fsp3) is 0.222. The standard InChI is InChI=1S/C18H16FN7O/c19-13-6-2-1-4-11(13)8-26-16-12(5-3-7-21-16)14(25-26)15-22-17(24-23-15)18(20)9-27-10-18/h1-7H,8-10,20H2,(H,22,23,24). The number of ether oxygens (including phenoxy) is 1. The summed E-state index contributed by atoms with van der Waals surface area (Å²) < 4.78 is 20.9. The fourth-order valence-corrected chi connectivity index (χ4v) is 3.12. The molecule has 136 valence electrons. The van der Waals surface area contributed by atoms with E-state index in [1.807, 2.05) is 12.1 Å². The van der Waals surface area contributed by atoms with Gasteiger partial charge in [0.05, 0.1) is 25.1 Å². The van der Waals surface area contributed by atoms with Crippen LogP contribution in [0.1, 0.15) is 11.4 Å². The monoisotopic (exact) mass is 365 g/mol. The largest absolute Gasteiger partial charge is 0.376 e. The van der Waals surface area contributed by atoms with Crippen LogP contribution >= 0.6 is 0 Å². The van der Waals surface area contributed by atoms with E-state index in [1.165, 1.54) is 6.07 Å². The first-order chi connectivity index (χ1) is 13.1. The molecule has 1 aliphatic heterocycles. The SMILES string of the molecule is NC1(c2nc(-c3nn(Cc4ccccc4F)c4ncccc34)n[nH]2)COC1. The van der Waals surface area contributed by atoms with Crippen molar-refractivity contribution in [3.63, 3.8) is 0 Å². The number of halogens is 1. The third-order valence-corrected chi connectivity index (χ3v) is 4.67. The van der Waals surface area contributed by atoms with Crippen LogP contribution in [0.15, 0.2) is 42.6 Å². The zero-order chi connectivity index (χ0) is 18.4. The summed E-state index contributed by atoms with van der Waals surface area (Å²) in [6.07, 6.45) is 1.68. The number of pyridine rings is 1. The minimum atomic E-state index is -0.644. The predicted molar refractivity (Wildman–Crippen MR) is 95.1 cm³/mol. The maximum absolute atomic E-state index is 14.1. The number of H-pyrrole nitrogens is 1. The Balaban J connectivity index is 1.59. The molecule has 1 aliphatic rings. The van der Waals surface area contributed by atoms with Gasteiger partial charge < -0.3 is 10.5 Å². The fourth-order valence-electron chi connectivity index (χ4n) is 3.12. The topological polar surface area (TPSA) is 108 Å². The lowest BCUT2D eigenvalue weighted by Gasteiger charge is -2.35. The van der Waals surface area contributed by atoms with Crippen LogP contribution in [-0.4, -0.2) is 43.2 Å². The molecule has 4 aromatic rings. The van der Waals surface area contributed by atoms with E-state index >= 15 is 0 Å². The number of hydrogen-bond acceptors (Lipinski definition) is 6. The summed E-state index contributed by atoms with van der Waals surface area (Å²) in [5.41, 5.74) is 7.31. The quantitative estimate of drug-likeness (QED) is 0.569. The van der Waals surface area contributed by atoms with E-state index < -0.39 is 5.54 Å². The molecule has 8 nitrogen and oxygen atoms in total. The molecule has 0 radical (unpaired) electrons. The Morgan fingerprint density at radius 1 is 1.22 bits per heavy atom. The third-order valence-electron chi connectivity index (χ3n) is 4.67. The average molecular weight is 365 g/mol. The van der Waals surface area contributed by atoms with Crippen molar-refractivity contribution in [2.24, 2.45) is 5.73 Å². The van der Waals surface area contributed by atoms with Gasteiger partial charge in [-0.15, -0.1) is 0 Å². The van der Waals surface area contributed by atoms with Crippen molar-refractivity contribution in [1.82, 2.24) is 29.9 Å². The van der Waals surface area contributed by atoms with E-state index in [4.69, 9.17) is 10.5 Å². The Kier molecular flexibility index (Phi) is 3.52. The van der Waals surface area contributed by atoms with Gasteiger partial charge in [-0.05, 0) is 18.2 Å². The van der Waals surface area contributed by atoms with E-state index in [0.29, 0.717) is 41.8 Å². The van der Waals surface area contributed by atoms with E-state index in [1.54, 1.807) is 29.1 Å². The molecular formula is C18H16FN7O. The summed E-state index contributed by atoms with van der Waals surface area (Å²) in [5.74, 6) is 0.699. The van der Waals surface area contributed by atoms with E-state index in [-0.39, 0.29) is 12.4 Å². The molecule has 0 amide bonds. The second-order valence-electron chi connectivity index (χ2n) is 6.63. The molecule has 0 saturated carbocycles. The second-order valence-corrected chi connectivity index (χ2v) is 6.63. The molecule has 0 unspecified atom stereocenters. The zero-order valence-electron chi connectivity index (χ0n) is 14.3. The van der Waals surface area contributed by atoms with Gasteiger partial charge >= 0.3 is 0 Å². The molecule has 27 heavy (non-hydrogen) atoms. The van der Waals surface area contributed by atoms with Gasteiger partial charge in [-0.25, -0.2) is 19.0 Å². The molecule has 1 fully saturated rings. The van der Waals surface area contributed by atoms with Crippen molar-refractivity contribution in [2.75, 3.05) is 13.2 Å². The van der Waals surface area contributed by atoms with Crippen molar-refractivity contribution in [3.8, 4) is 11.5 Å². The van der Waals surface area contributed by atoms with Gasteiger partial charge in [0.2, 0.25) is 5.82 Å². The normalized spacial score (nSPS) is 15.8.